The third-order valence-electron chi connectivity index (χ3n) is 7.46. The number of aromatic nitrogens is 3. The van der Waals surface area contributed by atoms with Gasteiger partial charge in [0.05, 0.1) is 17.4 Å². The Morgan fingerprint density at radius 3 is 2.43 bits per heavy atom. The maximum atomic E-state index is 13.6. The van der Waals surface area contributed by atoms with Crippen LogP contribution in [0.2, 0.25) is 5.02 Å². The number of rotatable bonds is 9. The summed E-state index contributed by atoms with van der Waals surface area (Å²) in [6.07, 6.45) is 0.518. The molecule has 2 N–H and O–H groups in total. The second kappa shape index (κ2) is 13.4. The third kappa shape index (κ3) is 6.80. The number of nitrogens with zero attached hydrogens (tertiary/aromatic N) is 3. The Balaban J connectivity index is 1.38. The van der Waals surface area contributed by atoms with Crippen molar-refractivity contribution in [3.8, 4) is 5.69 Å². The predicted molar refractivity (Wildman–Crippen MR) is 181 cm³/mol. The molecule has 0 bridgehead atoms. The Morgan fingerprint density at radius 2 is 1.59 bits per heavy atom. The zero-order valence-electron chi connectivity index (χ0n) is 24.5. The van der Waals surface area contributed by atoms with Gasteiger partial charge in [-0.25, -0.2) is 4.79 Å². The average molecular weight is 618 g/mol. The van der Waals surface area contributed by atoms with E-state index in [0.29, 0.717) is 17.3 Å². The Bertz CT molecular complexity index is 1920. The first-order chi connectivity index (χ1) is 21.4. The number of aryl methyl sites for hydroxylation is 2. The number of benzene rings is 5. The average Bonchev–Trinajstić information content (AvgIpc) is 3.45. The summed E-state index contributed by atoms with van der Waals surface area (Å²) in [7, 11) is 0. The molecule has 1 aromatic heterocycles. The van der Waals surface area contributed by atoms with E-state index in [9.17, 15) is 4.79 Å². The van der Waals surface area contributed by atoms with Crippen LogP contribution in [0.5, 0.6) is 0 Å². The van der Waals surface area contributed by atoms with Crippen molar-refractivity contribution in [1.82, 2.24) is 20.1 Å². The largest absolute Gasteiger partial charge is 0.327 e. The Kier molecular flexibility index (Phi) is 8.96. The highest BCUT2D eigenvalue weighted by Gasteiger charge is 2.26. The van der Waals surface area contributed by atoms with E-state index in [1.807, 2.05) is 90.4 Å². The summed E-state index contributed by atoms with van der Waals surface area (Å²) in [5.41, 5.74) is 6.10. The minimum Gasteiger partial charge on any atom is -0.327 e. The van der Waals surface area contributed by atoms with Gasteiger partial charge in [0.15, 0.2) is 11.0 Å². The molecule has 0 aliphatic rings. The van der Waals surface area contributed by atoms with Gasteiger partial charge in [-0.15, -0.1) is 10.2 Å². The molecule has 0 saturated carbocycles. The van der Waals surface area contributed by atoms with E-state index >= 15 is 0 Å². The number of nitrogens with one attached hydrogen (secondary N) is 2. The van der Waals surface area contributed by atoms with Gasteiger partial charge < -0.3 is 10.6 Å². The summed E-state index contributed by atoms with van der Waals surface area (Å²) in [5.74, 6) is 1.34. The molecule has 0 aliphatic heterocycles. The first-order valence-electron chi connectivity index (χ1n) is 14.4. The van der Waals surface area contributed by atoms with Crippen LogP contribution in [-0.2, 0) is 12.2 Å². The van der Waals surface area contributed by atoms with Crippen molar-refractivity contribution in [1.29, 1.82) is 0 Å². The van der Waals surface area contributed by atoms with Gasteiger partial charge >= 0.3 is 6.03 Å². The molecule has 0 fully saturated rings. The molecule has 6 nitrogen and oxygen atoms in total. The zero-order chi connectivity index (χ0) is 30.5. The van der Waals surface area contributed by atoms with E-state index in [4.69, 9.17) is 16.7 Å². The topological polar surface area (TPSA) is 71.8 Å². The number of amides is 2. The van der Waals surface area contributed by atoms with Crippen LogP contribution < -0.4 is 10.6 Å². The van der Waals surface area contributed by atoms with Gasteiger partial charge in [0.1, 0.15) is 0 Å². The number of urea groups is 1. The van der Waals surface area contributed by atoms with Crippen LogP contribution in [0.3, 0.4) is 0 Å². The Morgan fingerprint density at radius 1 is 0.841 bits per heavy atom. The van der Waals surface area contributed by atoms with E-state index < -0.39 is 6.04 Å². The molecule has 0 saturated heterocycles. The van der Waals surface area contributed by atoms with Crippen LogP contribution in [0.4, 0.5) is 10.5 Å². The lowest BCUT2D eigenvalue weighted by Gasteiger charge is -2.22. The lowest BCUT2D eigenvalue weighted by molar-refractivity contribution is 0.247. The van der Waals surface area contributed by atoms with E-state index in [1.165, 1.54) is 11.1 Å². The fourth-order valence-corrected chi connectivity index (χ4v) is 6.37. The highest BCUT2D eigenvalue weighted by molar-refractivity contribution is 7.98. The molecular weight excluding hydrogens is 586 g/mol. The summed E-state index contributed by atoms with van der Waals surface area (Å²) in [4.78, 5) is 13.6. The van der Waals surface area contributed by atoms with Gasteiger partial charge in [-0.2, -0.15) is 0 Å². The van der Waals surface area contributed by atoms with E-state index in [-0.39, 0.29) is 6.03 Å². The number of halogens is 1. The van der Waals surface area contributed by atoms with Gasteiger partial charge in [0.25, 0.3) is 0 Å². The van der Waals surface area contributed by atoms with Crippen LogP contribution in [-0.4, -0.2) is 20.8 Å². The molecule has 1 atom stereocenters. The SMILES string of the molecule is Cc1cccc(CSc2nnc([C@@H](Cc3ccccc3)NC(=O)Nc3cccc4ccccc34)n2-c2cc(Cl)ccc2C)c1. The maximum absolute atomic E-state index is 13.6. The lowest BCUT2D eigenvalue weighted by Crippen LogP contribution is -2.35. The number of anilines is 1. The highest BCUT2D eigenvalue weighted by Crippen LogP contribution is 2.32. The number of carbonyl (C=O) groups is 1. The molecule has 0 radical (unpaired) electrons. The smallest absolute Gasteiger partial charge is 0.319 e. The van der Waals surface area contributed by atoms with Crippen molar-refractivity contribution >= 4 is 45.9 Å². The third-order valence-corrected chi connectivity index (χ3v) is 8.69. The fraction of sp³-hybridized carbons (Fsp3) is 0.139. The Labute approximate surface area is 266 Å². The van der Waals surface area contributed by atoms with Crippen molar-refractivity contribution in [3.05, 3.63) is 148 Å². The molecule has 220 valence electrons. The Hall–Kier alpha value is -4.59. The van der Waals surface area contributed by atoms with E-state index in [1.54, 1.807) is 11.8 Å². The van der Waals surface area contributed by atoms with Gasteiger partial charge in [-0.3, -0.25) is 4.57 Å². The molecule has 5 aromatic carbocycles. The van der Waals surface area contributed by atoms with Gasteiger partial charge in [0, 0.05) is 22.6 Å². The van der Waals surface area contributed by atoms with Crippen molar-refractivity contribution in [2.24, 2.45) is 0 Å². The molecule has 6 rings (SSSR count). The highest BCUT2D eigenvalue weighted by atomic mass is 35.5. The molecule has 2 amide bonds. The number of hydrogen-bond donors (Lipinski definition) is 2. The monoisotopic (exact) mass is 617 g/mol. The minimum atomic E-state index is -0.494. The molecule has 44 heavy (non-hydrogen) atoms. The van der Waals surface area contributed by atoms with Crippen LogP contribution in [0, 0.1) is 13.8 Å². The number of carbonyl (C=O) groups excluding carboxylic acids is 1. The summed E-state index contributed by atoms with van der Waals surface area (Å²) < 4.78 is 2.04. The van der Waals surface area contributed by atoms with E-state index in [0.717, 1.165) is 44.2 Å². The zero-order valence-corrected chi connectivity index (χ0v) is 26.1. The number of hydrogen-bond acceptors (Lipinski definition) is 4. The molecule has 1 heterocycles. The quantitative estimate of drug-likeness (QED) is 0.159. The lowest BCUT2D eigenvalue weighted by atomic mass is 10.0. The first-order valence-corrected chi connectivity index (χ1v) is 15.8. The van der Waals surface area contributed by atoms with Crippen LogP contribution in [0.15, 0.2) is 120 Å². The van der Waals surface area contributed by atoms with Crippen molar-refractivity contribution in [2.75, 3.05) is 5.32 Å². The molecule has 0 spiro atoms. The maximum Gasteiger partial charge on any atom is 0.319 e. The van der Waals surface area contributed by atoms with Gasteiger partial charge in [-0.05, 0) is 54.1 Å². The van der Waals surface area contributed by atoms with Crippen molar-refractivity contribution in [2.45, 2.75) is 37.2 Å². The first kappa shape index (κ1) is 29.5. The molecule has 8 heteroatoms. The normalized spacial score (nSPS) is 11.8. The van der Waals surface area contributed by atoms with Crippen molar-refractivity contribution < 1.29 is 4.79 Å². The second-order valence-electron chi connectivity index (χ2n) is 10.8. The number of fused-ring (bicyclic) bond motifs is 1. The molecule has 0 aliphatic carbocycles. The van der Waals surface area contributed by atoms with Crippen molar-refractivity contribution in [3.63, 3.8) is 0 Å². The predicted octanol–water partition coefficient (Wildman–Crippen LogP) is 9.09. The molecular formula is C36H32ClN5OS. The summed E-state index contributed by atoms with van der Waals surface area (Å²) in [5, 5.41) is 19.0. The summed E-state index contributed by atoms with van der Waals surface area (Å²) in [6.45, 7) is 4.13. The summed E-state index contributed by atoms with van der Waals surface area (Å²) >= 11 is 8.12. The van der Waals surface area contributed by atoms with Crippen LogP contribution in [0.25, 0.3) is 16.5 Å². The minimum absolute atomic E-state index is 0.325. The van der Waals surface area contributed by atoms with Crippen LogP contribution >= 0.6 is 23.4 Å². The standard InChI is InChI=1S/C36H32ClN5OS/c1-24-10-8-13-27(20-24)23-44-36-41-40-34(42(36)33-22-29(37)19-18-25(33)2)32(21-26-11-4-3-5-12-26)39-35(43)38-31-17-9-15-28-14-6-7-16-30(28)31/h3-20,22,32H,21,23H2,1-2H3,(H2,38,39,43)/t32-/m1/s1. The van der Waals surface area contributed by atoms with Gasteiger partial charge in [0.2, 0.25) is 0 Å². The molecule has 0 unspecified atom stereocenters. The van der Waals surface area contributed by atoms with Crippen LogP contribution in [0.1, 0.15) is 34.1 Å². The molecule has 6 aromatic rings. The summed E-state index contributed by atoms with van der Waals surface area (Å²) in [6, 6.07) is 37.4. The second-order valence-corrected chi connectivity index (χ2v) is 12.1. The van der Waals surface area contributed by atoms with Gasteiger partial charge in [-0.1, -0.05) is 126 Å². The fourth-order valence-electron chi connectivity index (χ4n) is 5.31. The van der Waals surface area contributed by atoms with E-state index in [2.05, 4.69) is 59.1 Å². The number of thioether (sulfide) groups is 1.